The molecule has 0 unspecified atom stereocenters. The maximum Gasteiger partial charge on any atom is 0.315 e. The summed E-state index contributed by atoms with van der Waals surface area (Å²) in [4.78, 5) is 14.3. The quantitative estimate of drug-likeness (QED) is 0.893. The van der Waals surface area contributed by atoms with Gasteiger partial charge in [0.1, 0.15) is 0 Å². The molecule has 3 rings (SSSR count). The van der Waals surface area contributed by atoms with Gasteiger partial charge in [-0.1, -0.05) is 30.3 Å². The molecule has 1 heterocycles. The second-order valence-corrected chi connectivity index (χ2v) is 6.28. The predicted octanol–water partition coefficient (Wildman–Crippen LogP) is 2.50. The molecule has 0 spiro atoms. The van der Waals surface area contributed by atoms with E-state index in [1.165, 1.54) is 12.0 Å². The first kappa shape index (κ1) is 14.4. The Morgan fingerprint density at radius 3 is 2.19 bits per heavy atom. The third-order valence-electron chi connectivity index (χ3n) is 4.61. The van der Waals surface area contributed by atoms with Crippen LogP contribution >= 0.6 is 0 Å². The van der Waals surface area contributed by atoms with E-state index < -0.39 is 0 Å². The van der Waals surface area contributed by atoms with Crippen molar-refractivity contribution in [3.05, 3.63) is 35.9 Å². The second-order valence-electron chi connectivity index (χ2n) is 6.28. The minimum atomic E-state index is 0.0289. The maximum absolute atomic E-state index is 11.9. The summed E-state index contributed by atoms with van der Waals surface area (Å²) in [6.07, 6.45) is 5.63. The van der Waals surface area contributed by atoms with E-state index in [0.717, 1.165) is 45.3 Å². The number of urea groups is 1. The highest BCUT2D eigenvalue weighted by atomic mass is 16.2. The van der Waals surface area contributed by atoms with E-state index in [2.05, 4.69) is 45.9 Å². The standard InChI is InChI=1S/C17H25N3O/c21-17(18-15-7-4-8-15)19-16-9-11-20(12-10-16)13-14-5-2-1-3-6-14/h1-3,5-6,15-16H,4,7-13H2,(H2,18,19,21). The molecule has 1 aromatic rings. The van der Waals surface area contributed by atoms with Gasteiger partial charge in [0.25, 0.3) is 0 Å². The van der Waals surface area contributed by atoms with Crippen molar-refractivity contribution in [3.8, 4) is 0 Å². The van der Waals surface area contributed by atoms with E-state index in [1.807, 2.05) is 0 Å². The lowest BCUT2D eigenvalue weighted by atomic mass is 9.93. The zero-order chi connectivity index (χ0) is 14.5. The van der Waals surface area contributed by atoms with Gasteiger partial charge in [0, 0.05) is 31.7 Å². The highest BCUT2D eigenvalue weighted by Gasteiger charge is 2.23. The third kappa shape index (κ3) is 4.21. The topological polar surface area (TPSA) is 44.4 Å². The molecular formula is C17H25N3O. The van der Waals surface area contributed by atoms with Gasteiger partial charge in [-0.05, 0) is 37.7 Å². The number of carbonyl (C=O) groups excluding carboxylic acids is 1. The molecule has 1 saturated carbocycles. The summed E-state index contributed by atoms with van der Waals surface area (Å²) >= 11 is 0. The Balaban J connectivity index is 1.37. The Bertz CT molecular complexity index is 450. The summed E-state index contributed by atoms with van der Waals surface area (Å²) < 4.78 is 0. The van der Waals surface area contributed by atoms with Gasteiger partial charge in [0.05, 0.1) is 0 Å². The molecule has 0 aromatic heterocycles. The van der Waals surface area contributed by atoms with Gasteiger partial charge in [-0.3, -0.25) is 4.90 Å². The van der Waals surface area contributed by atoms with Gasteiger partial charge in [-0.15, -0.1) is 0 Å². The summed E-state index contributed by atoms with van der Waals surface area (Å²) in [6.45, 7) is 3.13. The number of hydrogen-bond donors (Lipinski definition) is 2. The van der Waals surface area contributed by atoms with Crippen LogP contribution in [0.15, 0.2) is 30.3 Å². The van der Waals surface area contributed by atoms with Crippen LogP contribution in [-0.2, 0) is 6.54 Å². The molecule has 4 heteroatoms. The lowest BCUT2D eigenvalue weighted by molar-refractivity contribution is 0.183. The Morgan fingerprint density at radius 2 is 1.62 bits per heavy atom. The summed E-state index contributed by atoms with van der Waals surface area (Å²) in [7, 11) is 0. The van der Waals surface area contributed by atoms with Gasteiger partial charge < -0.3 is 10.6 Å². The van der Waals surface area contributed by atoms with Crippen LogP contribution in [0.4, 0.5) is 4.79 Å². The third-order valence-corrected chi connectivity index (χ3v) is 4.61. The van der Waals surface area contributed by atoms with Gasteiger partial charge in [0.2, 0.25) is 0 Å². The number of amides is 2. The van der Waals surface area contributed by atoms with Crippen LogP contribution in [0.1, 0.15) is 37.7 Å². The fourth-order valence-corrected chi connectivity index (χ4v) is 3.04. The Morgan fingerprint density at radius 1 is 1.00 bits per heavy atom. The fourth-order valence-electron chi connectivity index (χ4n) is 3.04. The van der Waals surface area contributed by atoms with Crippen molar-refractivity contribution in [2.24, 2.45) is 0 Å². The molecule has 1 aliphatic heterocycles. The molecule has 1 aliphatic carbocycles. The largest absolute Gasteiger partial charge is 0.335 e. The van der Waals surface area contributed by atoms with E-state index in [1.54, 1.807) is 0 Å². The van der Waals surface area contributed by atoms with Gasteiger partial charge in [0.15, 0.2) is 0 Å². The van der Waals surface area contributed by atoms with Gasteiger partial charge >= 0.3 is 6.03 Å². The molecule has 2 N–H and O–H groups in total. The van der Waals surface area contributed by atoms with Crippen molar-refractivity contribution in [2.45, 2.75) is 50.7 Å². The second kappa shape index (κ2) is 6.94. The molecule has 2 fully saturated rings. The molecule has 0 atom stereocenters. The van der Waals surface area contributed by atoms with E-state index in [9.17, 15) is 4.79 Å². The van der Waals surface area contributed by atoms with Crippen molar-refractivity contribution in [1.82, 2.24) is 15.5 Å². The SMILES string of the molecule is O=C(NC1CCC1)NC1CCN(Cc2ccccc2)CC1. The highest BCUT2D eigenvalue weighted by Crippen LogP contribution is 2.18. The average molecular weight is 287 g/mol. The van der Waals surface area contributed by atoms with Crippen LogP contribution in [0, 0.1) is 0 Å². The van der Waals surface area contributed by atoms with E-state index in [4.69, 9.17) is 0 Å². The minimum Gasteiger partial charge on any atom is -0.335 e. The molecule has 21 heavy (non-hydrogen) atoms. The normalized spacial score (nSPS) is 20.8. The summed E-state index contributed by atoms with van der Waals surface area (Å²) in [5.41, 5.74) is 1.37. The summed E-state index contributed by atoms with van der Waals surface area (Å²) in [5, 5.41) is 6.18. The summed E-state index contributed by atoms with van der Waals surface area (Å²) in [6, 6.07) is 11.4. The summed E-state index contributed by atoms with van der Waals surface area (Å²) in [5.74, 6) is 0. The molecule has 1 aromatic carbocycles. The zero-order valence-electron chi connectivity index (χ0n) is 12.6. The highest BCUT2D eigenvalue weighted by molar-refractivity contribution is 5.74. The lowest BCUT2D eigenvalue weighted by Crippen LogP contribution is -2.51. The number of benzene rings is 1. The molecule has 114 valence electrons. The van der Waals surface area contributed by atoms with Crippen LogP contribution in [-0.4, -0.2) is 36.1 Å². The first-order chi connectivity index (χ1) is 10.3. The van der Waals surface area contributed by atoms with Crippen molar-refractivity contribution < 1.29 is 4.79 Å². The van der Waals surface area contributed by atoms with E-state index in [-0.39, 0.29) is 6.03 Å². The molecule has 2 amide bonds. The van der Waals surface area contributed by atoms with Crippen molar-refractivity contribution in [3.63, 3.8) is 0 Å². The molecule has 1 saturated heterocycles. The first-order valence-corrected chi connectivity index (χ1v) is 8.13. The van der Waals surface area contributed by atoms with Gasteiger partial charge in [-0.25, -0.2) is 4.79 Å². The number of nitrogens with one attached hydrogen (secondary N) is 2. The van der Waals surface area contributed by atoms with E-state index in [0.29, 0.717) is 12.1 Å². The molecule has 0 radical (unpaired) electrons. The van der Waals surface area contributed by atoms with Crippen LogP contribution in [0.25, 0.3) is 0 Å². The molecular weight excluding hydrogens is 262 g/mol. The van der Waals surface area contributed by atoms with Crippen molar-refractivity contribution in [2.75, 3.05) is 13.1 Å². The van der Waals surface area contributed by atoms with Crippen LogP contribution in [0.3, 0.4) is 0 Å². The first-order valence-electron chi connectivity index (χ1n) is 8.13. The lowest BCUT2D eigenvalue weighted by Gasteiger charge is -2.33. The predicted molar refractivity (Wildman–Crippen MR) is 84.0 cm³/mol. The molecule has 4 nitrogen and oxygen atoms in total. The van der Waals surface area contributed by atoms with E-state index >= 15 is 0 Å². The number of nitrogens with zero attached hydrogens (tertiary/aromatic N) is 1. The van der Waals surface area contributed by atoms with Crippen molar-refractivity contribution >= 4 is 6.03 Å². The molecule has 0 bridgehead atoms. The van der Waals surface area contributed by atoms with Crippen LogP contribution < -0.4 is 10.6 Å². The number of piperidine rings is 1. The van der Waals surface area contributed by atoms with Crippen LogP contribution in [0.5, 0.6) is 0 Å². The van der Waals surface area contributed by atoms with Gasteiger partial charge in [-0.2, -0.15) is 0 Å². The number of carbonyl (C=O) groups is 1. The van der Waals surface area contributed by atoms with Crippen molar-refractivity contribution in [1.29, 1.82) is 0 Å². The Kier molecular flexibility index (Phi) is 4.76. The number of hydrogen-bond acceptors (Lipinski definition) is 2. The minimum absolute atomic E-state index is 0.0289. The smallest absolute Gasteiger partial charge is 0.315 e. The monoisotopic (exact) mass is 287 g/mol. The Hall–Kier alpha value is -1.55. The number of rotatable bonds is 4. The maximum atomic E-state index is 11.9. The number of likely N-dealkylation sites (tertiary alicyclic amines) is 1. The van der Waals surface area contributed by atoms with Crippen LogP contribution in [0.2, 0.25) is 0 Å². The fraction of sp³-hybridized carbons (Fsp3) is 0.588. The Labute approximate surface area is 126 Å². The molecule has 2 aliphatic rings. The zero-order valence-corrected chi connectivity index (χ0v) is 12.6. The average Bonchev–Trinajstić information content (AvgIpc) is 2.46.